The number of nitriles is 1. The fourth-order valence-electron chi connectivity index (χ4n) is 2.91. The summed E-state index contributed by atoms with van der Waals surface area (Å²) >= 11 is 0. The van der Waals surface area contributed by atoms with Crippen molar-refractivity contribution < 1.29 is 0 Å². The van der Waals surface area contributed by atoms with E-state index in [1.165, 1.54) is 0 Å². The lowest BCUT2D eigenvalue weighted by Gasteiger charge is -2.31. The predicted octanol–water partition coefficient (Wildman–Crippen LogP) is 2.65. The first-order chi connectivity index (χ1) is 10.1. The second kappa shape index (κ2) is 5.36. The van der Waals surface area contributed by atoms with Gasteiger partial charge in [0.2, 0.25) is 0 Å². The van der Waals surface area contributed by atoms with E-state index >= 15 is 0 Å². The van der Waals surface area contributed by atoms with Gasteiger partial charge in [-0.15, -0.1) is 0 Å². The summed E-state index contributed by atoms with van der Waals surface area (Å²) < 4.78 is 1.97. The minimum absolute atomic E-state index is 0.199. The quantitative estimate of drug-likeness (QED) is 0.850. The highest BCUT2D eigenvalue weighted by Crippen LogP contribution is 2.26. The smallest absolute Gasteiger partial charge is 0.160 e. The molecule has 1 fully saturated rings. The monoisotopic (exact) mass is 283 g/mol. The fraction of sp³-hybridized carbons (Fsp3) is 0.562. The lowest BCUT2D eigenvalue weighted by atomic mass is 9.99. The van der Waals surface area contributed by atoms with Crippen molar-refractivity contribution in [2.75, 3.05) is 18.0 Å². The van der Waals surface area contributed by atoms with Gasteiger partial charge in [0.05, 0.1) is 11.8 Å². The Bertz CT molecular complexity index is 702. The third kappa shape index (κ3) is 2.35. The minimum atomic E-state index is 0.199. The highest BCUT2D eigenvalue weighted by Gasteiger charge is 2.22. The van der Waals surface area contributed by atoms with Crippen LogP contribution in [-0.2, 0) is 6.42 Å². The van der Waals surface area contributed by atoms with Crippen molar-refractivity contribution >= 4 is 11.5 Å². The van der Waals surface area contributed by atoms with Crippen molar-refractivity contribution in [2.45, 2.75) is 40.0 Å². The third-order valence-corrected chi connectivity index (χ3v) is 4.45. The van der Waals surface area contributed by atoms with Gasteiger partial charge in [0.25, 0.3) is 0 Å². The molecular weight excluding hydrogens is 262 g/mol. The van der Waals surface area contributed by atoms with Crippen molar-refractivity contribution in [2.24, 2.45) is 5.92 Å². The average Bonchev–Trinajstić information content (AvgIpc) is 2.82. The summed E-state index contributed by atoms with van der Waals surface area (Å²) in [5.41, 5.74) is 4.24. The zero-order chi connectivity index (χ0) is 15.0. The summed E-state index contributed by atoms with van der Waals surface area (Å²) in [6, 6.07) is 4.53. The van der Waals surface area contributed by atoms with Crippen LogP contribution in [0.4, 0.5) is 5.82 Å². The fourth-order valence-corrected chi connectivity index (χ4v) is 2.91. The molecule has 3 heterocycles. The van der Waals surface area contributed by atoms with Crippen LogP contribution in [-0.4, -0.2) is 27.7 Å². The Labute approximate surface area is 125 Å². The van der Waals surface area contributed by atoms with Crippen LogP contribution in [0.1, 0.15) is 36.7 Å². The lowest BCUT2D eigenvalue weighted by molar-refractivity contribution is 0.482. The van der Waals surface area contributed by atoms with E-state index in [0.29, 0.717) is 0 Å². The first-order valence-electron chi connectivity index (χ1n) is 7.64. The maximum atomic E-state index is 9.05. The molecule has 21 heavy (non-hydrogen) atoms. The van der Waals surface area contributed by atoms with Gasteiger partial charge in [0, 0.05) is 36.3 Å². The van der Waals surface area contributed by atoms with Crippen molar-refractivity contribution in [1.82, 2.24) is 14.6 Å². The van der Waals surface area contributed by atoms with E-state index in [1.54, 1.807) is 0 Å². The van der Waals surface area contributed by atoms with Crippen LogP contribution in [0.25, 0.3) is 5.65 Å². The van der Waals surface area contributed by atoms with Gasteiger partial charge in [0.15, 0.2) is 5.65 Å². The van der Waals surface area contributed by atoms with Crippen LogP contribution in [0.15, 0.2) is 6.07 Å². The Balaban J connectivity index is 2.05. The summed E-state index contributed by atoms with van der Waals surface area (Å²) in [6.07, 6.45) is 2.78. The number of rotatable bonds is 2. The van der Waals surface area contributed by atoms with E-state index in [9.17, 15) is 0 Å². The van der Waals surface area contributed by atoms with Crippen LogP contribution in [0, 0.1) is 31.1 Å². The van der Waals surface area contributed by atoms with Crippen LogP contribution in [0.3, 0.4) is 0 Å². The Morgan fingerprint density at radius 1 is 1.33 bits per heavy atom. The maximum absolute atomic E-state index is 9.05. The van der Waals surface area contributed by atoms with E-state index in [1.807, 2.05) is 11.4 Å². The number of aryl methyl sites for hydroxylation is 3. The molecule has 0 bridgehead atoms. The number of anilines is 1. The molecule has 0 radical (unpaired) electrons. The molecule has 2 aromatic heterocycles. The molecule has 1 aliphatic heterocycles. The van der Waals surface area contributed by atoms with E-state index in [-0.39, 0.29) is 5.92 Å². The molecular formula is C16H21N5. The second-order valence-corrected chi connectivity index (χ2v) is 5.80. The first-order valence-corrected chi connectivity index (χ1v) is 7.64. The van der Waals surface area contributed by atoms with Crippen LogP contribution < -0.4 is 4.90 Å². The average molecular weight is 283 g/mol. The normalized spacial score (nSPS) is 16.4. The number of aromatic nitrogens is 3. The maximum Gasteiger partial charge on any atom is 0.160 e. The molecule has 3 rings (SSSR count). The van der Waals surface area contributed by atoms with Crippen LogP contribution in [0.5, 0.6) is 0 Å². The summed E-state index contributed by atoms with van der Waals surface area (Å²) in [6.45, 7) is 8.07. The lowest BCUT2D eigenvalue weighted by Crippen LogP contribution is -2.34. The van der Waals surface area contributed by atoms with E-state index in [2.05, 4.69) is 36.0 Å². The molecule has 0 aromatic carbocycles. The molecule has 5 heteroatoms. The molecule has 110 valence electrons. The number of hydrogen-bond donors (Lipinski definition) is 0. The Kier molecular flexibility index (Phi) is 3.54. The number of fused-ring (bicyclic) bond motifs is 1. The molecule has 2 aromatic rings. The second-order valence-electron chi connectivity index (χ2n) is 5.80. The highest BCUT2D eigenvalue weighted by molar-refractivity contribution is 5.57. The predicted molar refractivity (Wildman–Crippen MR) is 82.4 cm³/mol. The van der Waals surface area contributed by atoms with Gasteiger partial charge in [-0.05, 0) is 33.1 Å². The molecule has 1 saturated heterocycles. The molecule has 0 N–H and O–H groups in total. The SMILES string of the molecule is CCc1cc(N2CCC(C#N)CC2)n2nc(C)c(C)c2n1. The van der Waals surface area contributed by atoms with E-state index in [4.69, 9.17) is 10.2 Å². The number of piperidine rings is 1. The molecule has 5 nitrogen and oxygen atoms in total. The van der Waals surface area contributed by atoms with Gasteiger partial charge in [-0.3, -0.25) is 0 Å². The minimum Gasteiger partial charge on any atom is -0.356 e. The molecule has 0 unspecified atom stereocenters. The van der Waals surface area contributed by atoms with Gasteiger partial charge >= 0.3 is 0 Å². The van der Waals surface area contributed by atoms with Gasteiger partial charge < -0.3 is 4.90 Å². The summed E-state index contributed by atoms with van der Waals surface area (Å²) in [7, 11) is 0. The van der Waals surface area contributed by atoms with Crippen molar-refractivity contribution in [3.05, 3.63) is 23.0 Å². The molecule has 0 spiro atoms. The molecule has 0 aliphatic carbocycles. The van der Waals surface area contributed by atoms with Gasteiger partial charge in [-0.25, -0.2) is 4.98 Å². The number of hydrogen-bond acceptors (Lipinski definition) is 4. The highest BCUT2D eigenvalue weighted by atomic mass is 15.4. The first kappa shape index (κ1) is 13.9. The van der Waals surface area contributed by atoms with Gasteiger partial charge in [-0.2, -0.15) is 14.9 Å². The third-order valence-electron chi connectivity index (χ3n) is 4.45. The van der Waals surface area contributed by atoms with E-state index < -0.39 is 0 Å². The Morgan fingerprint density at radius 2 is 2.05 bits per heavy atom. The number of nitrogens with zero attached hydrogens (tertiary/aromatic N) is 5. The van der Waals surface area contributed by atoms with Crippen LogP contribution in [0.2, 0.25) is 0 Å². The molecule has 0 saturated carbocycles. The zero-order valence-electron chi connectivity index (χ0n) is 12.9. The topological polar surface area (TPSA) is 57.2 Å². The van der Waals surface area contributed by atoms with Gasteiger partial charge in [0.1, 0.15) is 5.82 Å². The van der Waals surface area contributed by atoms with E-state index in [0.717, 1.165) is 60.8 Å². The summed E-state index contributed by atoms with van der Waals surface area (Å²) in [5, 5.41) is 13.7. The standard InChI is InChI=1S/C16H21N5/c1-4-14-9-15(20-7-5-13(10-17)6-8-20)21-16(18-14)11(2)12(3)19-21/h9,13H,4-8H2,1-3H3. The van der Waals surface area contributed by atoms with Crippen molar-refractivity contribution in [1.29, 1.82) is 5.26 Å². The van der Waals surface area contributed by atoms with Crippen LogP contribution >= 0.6 is 0 Å². The van der Waals surface area contributed by atoms with Crippen molar-refractivity contribution in [3.63, 3.8) is 0 Å². The summed E-state index contributed by atoms with van der Waals surface area (Å²) in [5.74, 6) is 1.31. The Hall–Kier alpha value is -2.09. The molecule has 0 atom stereocenters. The zero-order valence-corrected chi connectivity index (χ0v) is 12.9. The summed E-state index contributed by atoms with van der Waals surface area (Å²) in [4.78, 5) is 7.06. The molecule has 1 aliphatic rings. The van der Waals surface area contributed by atoms with Crippen molar-refractivity contribution in [3.8, 4) is 6.07 Å². The van der Waals surface area contributed by atoms with Gasteiger partial charge in [-0.1, -0.05) is 6.92 Å². The largest absolute Gasteiger partial charge is 0.356 e. The Morgan fingerprint density at radius 3 is 2.67 bits per heavy atom. The molecule has 0 amide bonds.